The van der Waals surface area contributed by atoms with Crippen LogP contribution in [0.2, 0.25) is 0 Å². The zero-order valence-corrected chi connectivity index (χ0v) is 20.8. The molecule has 0 bridgehead atoms. The summed E-state index contributed by atoms with van der Waals surface area (Å²) in [6.45, 7) is 0. The SMILES string of the molecule is O=C1Nc2ccccc2[C@]12N1CSC[C@H]1[C@H](c1ccccc1)[C@]21CCC/C(=C\c2ccccc2)C1=O. The highest BCUT2D eigenvalue weighted by molar-refractivity contribution is 7.99. The molecule has 0 aromatic heterocycles. The zero-order chi connectivity index (χ0) is 24.3. The van der Waals surface area contributed by atoms with Gasteiger partial charge in [0.15, 0.2) is 5.78 Å². The molecule has 1 aliphatic carbocycles. The summed E-state index contributed by atoms with van der Waals surface area (Å²) in [5.41, 5.74) is 2.99. The van der Waals surface area contributed by atoms with E-state index >= 15 is 4.79 Å². The highest BCUT2D eigenvalue weighted by Gasteiger charge is 2.77. The number of carbonyl (C=O) groups is 2. The van der Waals surface area contributed by atoms with E-state index in [1.807, 2.05) is 66.4 Å². The Morgan fingerprint density at radius 3 is 2.44 bits per heavy atom. The second kappa shape index (κ2) is 8.19. The molecule has 180 valence electrons. The van der Waals surface area contributed by atoms with Crippen molar-refractivity contribution in [2.75, 3.05) is 16.9 Å². The van der Waals surface area contributed by atoms with E-state index in [9.17, 15) is 4.79 Å². The molecule has 36 heavy (non-hydrogen) atoms. The Balaban J connectivity index is 1.52. The van der Waals surface area contributed by atoms with Gasteiger partial charge in [-0.2, -0.15) is 0 Å². The Labute approximate surface area is 215 Å². The number of Topliss-reactive ketones (excluding diaryl/α,β-unsaturated/α-hetero) is 1. The number of rotatable bonds is 2. The highest BCUT2D eigenvalue weighted by atomic mass is 32.2. The first-order valence-electron chi connectivity index (χ1n) is 12.8. The Kier molecular flexibility index (Phi) is 5.02. The fraction of sp³-hybridized carbons (Fsp3) is 0.290. The second-order valence-electron chi connectivity index (χ2n) is 10.4. The molecule has 4 aliphatic rings. The van der Waals surface area contributed by atoms with Gasteiger partial charge in [0.05, 0.1) is 5.41 Å². The summed E-state index contributed by atoms with van der Waals surface area (Å²) in [4.78, 5) is 31.7. The Morgan fingerprint density at radius 2 is 1.64 bits per heavy atom. The summed E-state index contributed by atoms with van der Waals surface area (Å²) < 4.78 is 0. The molecule has 1 amide bonds. The first kappa shape index (κ1) is 22.1. The van der Waals surface area contributed by atoms with Gasteiger partial charge in [-0.25, -0.2) is 0 Å². The van der Waals surface area contributed by atoms with Crippen LogP contribution in [0.4, 0.5) is 5.69 Å². The topological polar surface area (TPSA) is 49.4 Å². The van der Waals surface area contributed by atoms with Crippen LogP contribution in [0.15, 0.2) is 90.5 Å². The molecular weight excluding hydrogens is 464 g/mol. The number of thioether (sulfide) groups is 1. The fourth-order valence-corrected chi connectivity index (χ4v) is 8.93. The molecule has 7 rings (SSSR count). The summed E-state index contributed by atoms with van der Waals surface area (Å²) in [6, 6.07) is 28.7. The fourth-order valence-electron chi connectivity index (χ4n) is 7.63. The lowest BCUT2D eigenvalue weighted by Gasteiger charge is -2.49. The maximum atomic E-state index is 15.0. The van der Waals surface area contributed by atoms with Gasteiger partial charge in [0.25, 0.3) is 5.91 Å². The van der Waals surface area contributed by atoms with E-state index in [1.54, 1.807) is 0 Å². The number of fused-ring (bicyclic) bond motifs is 5. The van der Waals surface area contributed by atoms with Crippen molar-refractivity contribution < 1.29 is 9.59 Å². The van der Waals surface area contributed by atoms with Gasteiger partial charge in [0, 0.05) is 34.8 Å². The first-order chi connectivity index (χ1) is 17.7. The summed E-state index contributed by atoms with van der Waals surface area (Å²) >= 11 is 1.87. The number of benzene rings is 3. The predicted octanol–water partition coefficient (Wildman–Crippen LogP) is 5.83. The van der Waals surface area contributed by atoms with Crippen LogP contribution in [-0.4, -0.2) is 34.3 Å². The lowest BCUT2D eigenvalue weighted by molar-refractivity contribution is -0.145. The lowest BCUT2D eigenvalue weighted by atomic mass is 9.53. The molecule has 3 aromatic rings. The number of para-hydroxylation sites is 1. The third kappa shape index (κ3) is 2.76. The van der Waals surface area contributed by atoms with E-state index in [0.717, 1.165) is 46.9 Å². The molecule has 1 N–H and O–H groups in total. The van der Waals surface area contributed by atoms with Crippen LogP contribution in [0.3, 0.4) is 0 Å². The van der Waals surface area contributed by atoms with Crippen LogP contribution >= 0.6 is 11.8 Å². The maximum absolute atomic E-state index is 15.0. The summed E-state index contributed by atoms with van der Waals surface area (Å²) in [6.07, 6.45) is 4.40. The minimum atomic E-state index is -1.01. The van der Waals surface area contributed by atoms with Crippen LogP contribution in [0.1, 0.15) is 41.9 Å². The van der Waals surface area contributed by atoms with Crippen LogP contribution in [0.25, 0.3) is 6.08 Å². The van der Waals surface area contributed by atoms with Crippen molar-refractivity contribution in [1.29, 1.82) is 0 Å². The molecule has 0 unspecified atom stereocenters. The number of ketones is 1. The van der Waals surface area contributed by atoms with Gasteiger partial charge in [-0.1, -0.05) is 78.9 Å². The van der Waals surface area contributed by atoms with Gasteiger partial charge >= 0.3 is 0 Å². The van der Waals surface area contributed by atoms with E-state index in [2.05, 4.69) is 46.6 Å². The molecule has 3 heterocycles. The molecule has 2 spiro atoms. The van der Waals surface area contributed by atoms with E-state index in [-0.39, 0.29) is 23.7 Å². The number of nitrogens with one attached hydrogen (secondary N) is 1. The molecule has 3 fully saturated rings. The Morgan fingerprint density at radius 1 is 0.917 bits per heavy atom. The van der Waals surface area contributed by atoms with Crippen molar-refractivity contribution in [3.05, 3.63) is 107 Å². The predicted molar refractivity (Wildman–Crippen MR) is 145 cm³/mol. The number of hydrogen-bond acceptors (Lipinski definition) is 4. The lowest BCUT2D eigenvalue weighted by Crippen LogP contribution is -2.60. The molecule has 4 atom stereocenters. The number of hydrogen-bond donors (Lipinski definition) is 1. The van der Waals surface area contributed by atoms with Crippen molar-refractivity contribution in [2.45, 2.75) is 36.8 Å². The standard InChI is InChI=1S/C31H28N2O2S/c34-28-23(18-21-10-3-1-4-11-21)14-9-17-30(28)27(22-12-5-2-6-13-22)26-19-36-20-33(26)31(30)24-15-7-8-16-25(24)32-29(31)35/h1-8,10-13,15-16,18,26-27H,9,14,17,19-20H2,(H,32,35)/b23-18+/t26-,27-,30-,31-/m0/s1. The molecule has 2 saturated heterocycles. The number of allylic oxidation sites excluding steroid dienone is 1. The van der Waals surface area contributed by atoms with Crippen LogP contribution < -0.4 is 5.32 Å². The van der Waals surface area contributed by atoms with Crippen molar-refractivity contribution in [3.8, 4) is 0 Å². The molecule has 5 heteroatoms. The second-order valence-corrected chi connectivity index (χ2v) is 11.4. The number of anilines is 1. The van der Waals surface area contributed by atoms with Crippen molar-refractivity contribution in [2.24, 2.45) is 5.41 Å². The van der Waals surface area contributed by atoms with Crippen LogP contribution in [0.5, 0.6) is 0 Å². The Bertz CT molecular complexity index is 1390. The quantitative estimate of drug-likeness (QED) is 0.458. The van der Waals surface area contributed by atoms with Crippen molar-refractivity contribution in [1.82, 2.24) is 4.90 Å². The first-order valence-corrected chi connectivity index (χ1v) is 13.9. The normalized spacial score (nSPS) is 32.3. The largest absolute Gasteiger partial charge is 0.324 e. The molecule has 3 aromatic carbocycles. The van der Waals surface area contributed by atoms with Crippen LogP contribution in [-0.2, 0) is 15.1 Å². The summed E-state index contributed by atoms with van der Waals surface area (Å²) in [7, 11) is 0. The average Bonchev–Trinajstić information content (AvgIpc) is 3.56. The monoisotopic (exact) mass is 492 g/mol. The number of nitrogens with zero attached hydrogens (tertiary/aromatic N) is 1. The third-order valence-electron chi connectivity index (χ3n) is 8.82. The van der Waals surface area contributed by atoms with Gasteiger partial charge < -0.3 is 5.32 Å². The third-order valence-corrected chi connectivity index (χ3v) is 9.86. The van der Waals surface area contributed by atoms with Gasteiger partial charge in [-0.05, 0) is 48.1 Å². The van der Waals surface area contributed by atoms with Gasteiger partial charge in [-0.15, -0.1) is 11.8 Å². The number of amides is 1. The molecule has 4 nitrogen and oxygen atoms in total. The number of carbonyl (C=O) groups excluding carboxylic acids is 2. The molecule has 3 aliphatic heterocycles. The smallest absolute Gasteiger partial charge is 0.250 e. The molecule has 0 radical (unpaired) electrons. The van der Waals surface area contributed by atoms with E-state index < -0.39 is 11.0 Å². The minimum absolute atomic E-state index is 0.0380. The van der Waals surface area contributed by atoms with Gasteiger partial charge in [0.1, 0.15) is 5.54 Å². The zero-order valence-electron chi connectivity index (χ0n) is 20.0. The minimum Gasteiger partial charge on any atom is -0.324 e. The van der Waals surface area contributed by atoms with E-state index in [0.29, 0.717) is 6.42 Å². The summed E-state index contributed by atoms with van der Waals surface area (Å²) in [5.74, 6) is 1.73. The summed E-state index contributed by atoms with van der Waals surface area (Å²) in [5, 5.41) is 3.21. The van der Waals surface area contributed by atoms with Gasteiger partial charge in [0.2, 0.25) is 0 Å². The Hall–Kier alpha value is -3.15. The highest BCUT2D eigenvalue weighted by Crippen LogP contribution is 2.70. The van der Waals surface area contributed by atoms with Crippen LogP contribution in [0, 0.1) is 5.41 Å². The van der Waals surface area contributed by atoms with Crippen molar-refractivity contribution >= 4 is 35.2 Å². The average molecular weight is 493 g/mol. The van der Waals surface area contributed by atoms with E-state index in [1.165, 1.54) is 5.56 Å². The van der Waals surface area contributed by atoms with Gasteiger partial charge in [-0.3, -0.25) is 14.5 Å². The maximum Gasteiger partial charge on any atom is 0.250 e. The van der Waals surface area contributed by atoms with Crippen molar-refractivity contribution in [3.63, 3.8) is 0 Å². The molecule has 1 saturated carbocycles. The molecular formula is C31H28N2O2S. The van der Waals surface area contributed by atoms with E-state index in [4.69, 9.17) is 0 Å².